The van der Waals surface area contributed by atoms with Gasteiger partial charge in [0.2, 0.25) is 0 Å². The number of nitrogens with zero attached hydrogens (tertiary/aromatic N) is 2. The van der Waals surface area contributed by atoms with Gasteiger partial charge in [-0.15, -0.1) is 0 Å². The first-order valence-electron chi connectivity index (χ1n) is 1.73. The van der Waals surface area contributed by atoms with E-state index < -0.39 is 21.0 Å². The molecule has 0 atom stereocenters. The zero-order valence-corrected chi connectivity index (χ0v) is 7.28. The predicted molar refractivity (Wildman–Crippen MR) is 43.7 cm³/mol. The van der Waals surface area contributed by atoms with E-state index in [-0.39, 0.29) is 0 Å². The molecule has 2 nitrogen and oxygen atoms in total. The van der Waals surface area contributed by atoms with Crippen LogP contribution in [-0.2, 0) is 0 Å². The lowest BCUT2D eigenvalue weighted by Gasteiger charge is -1.90. The molecule has 0 amide bonds. The molecule has 8 heavy (non-hydrogen) atoms. The molecule has 1 aliphatic heterocycles. The number of hydrogen-bond acceptors (Lipinski definition) is 2. The third-order valence-corrected chi connectivity index (χ3v) is 2.36. The van der Waals surface area contributed by atoms with Gasteiger partial charge >= 0.3 is 0 Å². The van der Waals surface area contributed by atoms with Crippen LogP contribution in [0.3, 0.4) is 0 Å². The zero-order valence-electron chi connectivity index (χ0n) is 3.61. The summed E-state index contributed by atoms with van der Waals surface area (Å²) in [5.74, 6) is 0. The van der Waals surface area contributed by atoms with Crippen LogP contribution < -0.4 is 0 Å². The van der Waals surface area contributed by atoms with Gasteiger partial charge < -0.3 is 0 Å². The van der Waals surface area contributed by atoms with Crippen LogP contribution in [-0.4, -0.2) is 3.18 Å². The van der Waals surface area contributed by atoms with E-state index >= 15 is 0 Å². The normalized spacial score (nSPS) is 18.8. The van der Waals surface area contributed by atoms with Gasteiger partial charge in [0.15, 0.2) is 3.18 Å². The molecule has 44 valence electrons. The van der Waals surface area contributed by atoms with Crippen LogP contribution in [0.5, 0.6) is 0 Å². The molecule has 0 unspecified atom stereocenters. The molecule has 1 heterocycles. The van der Waals surface area contributed by atoms with E-state index in [1.54, 1.807) is 0 Å². The Hall–Kier alpha value is 0.520. The standard InChI is InChI=1S/C3HCl2IN2/c4-2-1-7-6-3(5)8-2/h1H. The fraction of sp³-hybridized carbons (Fsp3) is 0. The maximum atomic E-state index is 5.49. The van der Waals surface area contributed by atoms with Gasteiger partial charge in [-0.3, -0.25) is 0 Å². The first-order valence-corrected chi connectivity index (χ1v) is 4.53. The van der Waals surface area contributed by atoms with Gasteiger partial charge in [-0.1, -0.05) is 23.2 Å². The molecule has 0 aromatic rings. The van der Waals surface area contributed by atoms with Gasteiger partial charge in [0.25, 0.3) is 0 Å². The second kappa shape index (κ2) is 2.89. The van der Waals surface area contributed by atoms with E-state index in [0.29, 0.717) is 8.33 Å². The molecule has 0 aromatic heterocycles. The Morgan fingerprint density at radius 2 is 2.25 bits per heavy atom. The second-order valence-electron chi connectivity index (χ2n) is 0.986. The highest BCUT2D eigenvalue weighted by Gasteiger charge is 1.95. The molecule has 0 fully saturated rings. The predicted octanol–water partition coefficient (Wildman–Crippen LogP) is 2.79. The van der Waals surface area contributed by atoms with Gasteiger partial charge in [-0.25, -0.2) is 8.14 Å². The minimum atomic E-state index is -0.396. The Balaban J connectivity index is 2.89. The molecule has 1 rings (SSSR count). The van der Waals surface area contributed by atoms with Crippen LogP contribution in [0.15, 0.2) is 19.5 Å². The molecule has 0 radical (unpaired) electrons. The van der Waals surface area contributed by atoms with Crippen molar-refractivity contribution in [2.75, 3.05) is 0 Å². The van der Waals surface area contributed by atoms with Gasteiger partial charge in [-0.2, -0.15) is 0 Å². The summed E-state index contributed by atoms with van der Waals surface area (Å²) in [4.78, 5) is 3.75. The van der Waals surface area contributed by atoms with Crippen molar-refractivity contribution >= 4 is 47.4 Å². The van der Waals surface area contributed by atoms with Crippen LogP contribution in [0.2, 0.25) is 0 Å². The lowest BCUT2D eigenvalue weighted by Crippen LogP contribution is -1.74. The Bertz CT molecular complexity index is 181. The molecule has 0 spiro atoms. The van der Waals surface area contributed by atoms with Crippen molar-refractivity contribution in [3.63, 3.8) is 0 Å². The van der Waals surface area contributed by atoms with Crippen molar-refractivity contribution in [1.82, 2.24) is 0 Å². The number of hydrogen-bond donors (Lipinski definition) is 0. The molecule has 0 bridgehead atoms. The topological polar surface area (TPSA) is 24.7 Å². The summed E-state index contributed by atoms with van der Waals surface area (Å²) in [6, 6.07) is 0. The summed E-state index contributed by atoms with van der Waals surface area (Å²) in [7, 11) is 0. The monoisotopic (exact) mass is 262 g/mol. The van der Waals surface area contributed by atoms with E-state index in [1.165, 1.54) is 6.20 Å². The van der Waals surface area contributed by atoms with Crippen LogP contribution >= 0.6 is 44.2 Å². The van der Waals surface area contributed by atoms with E-state index in [4.69, 9.17) is 23.2 Å². The van der Waals surface area contributed by atoms with Gasteiger partial charge in [0.1, 0.15) is 5.16 Å². The fourth-order valence-corrected chi connectivity index (χ4v) is 2.06. The molecule has 0 saturated heterocycles. The molecular formula is C3HCl2IN2. The maximum absolute atomic E-state index is 5.49. The van der Waals surface area contributed by atoms with Crippen molar-refractivity contribution in [3.8, 4) is 0 Å². The van der Waals surface area contributed by atoms with Gasteiger partial charge in [-0.05, 0) is 0 Å². The van der Waals surface area contributed by atoms with Crippen LogP contribution in [0.1, 0.15) is 0 Å². The number of aliphatic imine (C=N–C) groups is 1. The van der Waals surface area contributed by atoms with Gasteiger partial charge in [0, 0.05) is 0 Å². The van der Waals surface area contributed by atoms with E-state index in [0.717, 1.165) is 0 Å². The van der Waals surface area contributed by atoms with Crippen molar-refractivity contribution in [2.24, 2.45) is 8.14 Å². The molecule has 0 saturated carbocycles. The lowest BCUT2D eigenvalue weighted by molar-refractivity contribution is 1.48. The van der Waals surface area contributed by atoms with Gasteiger partial charge in [0.05, 0.1) is 27.2 Å². The summed E-state index contributed by atoms with van der Waals surface area (Å²) >= 11 is 10.5. The third kappa shape index (κ3) is 1.80. The number of rotatable bonds is 0. The largest absolute Gasteiger partial charge is 0.224 e. The highest BCUT2D eigenvalue weighted by molar-refractivity contribution is 14.2. The Morgan fingerprint density at radius 1 is 1.50 bits per heavy atom. The van der Waals surface area contributed by atoms with Crippen LogP contribution in [0, 0.1) is 0 Å². The highest BCUT2D eigenvalue weighted by Crippen LogP contribution is 2.19. The molecular weight excluding hydrogens is 262 g/mol. The number of halogens is 3. The minimum Gasteiger partial charge on any atom is -0.224 e. The molecule has 0 aromatic carbocycles. The molecule has 1 aliphatic rings. The molecule has 5 heteroatoms. The average molecular weight is 263 g/mol. The fourth-order valence-electron chi connectivity index (χ4n) is 0.233. The Morgan fingerprint density at radius 3 is 2.62 bits per heavy atom. The summed E-state index contributed by atoms with van der Waals surface area (Å²) < 4.78 is 4.44. The first kappa shape index (κ1) is 6.64. The molecule has 0 N–H and O–H groups in total. The van der Waals surface area contributed by atoms with E-state index in [9.17, 15) is 0 Å². The molecule has 0 aliphatic carbocycles. The third-order valence-electron chi connectivity index (χ3n) is 0.465. The SMILES string of the molecule is ClC1=CN=IC(Cl)=N1. The van der Waals surface area contributed by atoms with E-state index in [2.05, 4.69) is 8.14 Å². The van der Waals surface area contributed by atoms with Crippen LogP contribution in [0.25, 0.3) is 0 Å². The summed E-state index contributed by atoms with van der Waals surface area (Å²) in [5, 5.41) is 0.376. The smallest absolute Gasteiger partial charge is 0.181 e. The first-order chi connectivity index (χ1) is 3.79. The summed E-state index contributed by atoms with van der Waals surface area (Å²) in [5.41, 5.74) is 0. The quantitative estimate of drug-likeness (QED) is 0.474. The van der Waals surface area contributed by atoms with E-state index in [1.807, 2.05) is 0 Å². The van der Waals surface area contributed by atoms with Crippen molar-refractivity contribution in [3.05, 3.63) is 11.4 Å². The summed E-state index contributed by atoms with van der Waals surface area (Å²) in [6.45, 7) is 0. The maximum Gasteiger partial charge on any atom is 0.181 e. The Labute approximate surface area is 66.7 Å². The zero-order chi connectivity index (χ0) is 5.98. The van der Waals surface area contributed by atoms with Crippen molar-refractivity contribution < 1.29 is 0 Å². The lowest BCUT2D eigenvalue weighted by atomic mass is 10.9. The Kier molecular flexibility index (Phi) is 2.40. The average Bonchev–Trinajstić information content (AvgIpc) is 1.64. The summed E-state index contributed by atoms with van der Waals surface area (Å²) in [6.07, 6.45) is 1.53. The van der Waals surface area contributed by atoms with Crippen molar-refractivity contribution in [1.29, 1.82) is 0 Å². The second-order valence-corrected chi connectivity index (χ2v) is 4.43. The van der Waals surface area contributed by atoms with Crippen molar-refractivity contribution in [2.45, 2.75) is 0 Å². The minimum absolute atomic E-state index is 0.376. The highest BCUT2D eigenvalue weighted by atomic mass is 127. The van der Waals surface area contributed by atoms with Crippen LogP contribution in [0.4, 0.5) is 0 Å².